The number of aldehydes is 1. The lowest BCUT2D eigenvalue weighted by atomic mass is 10.2. The maximum Gasteiger partial charge on any atom is 0.169 e. The first-order chi connectivity index (χ1) is 6.85. The highest BCUT2D eigenvalue weighted by Crippen LogP contribution is 2.43. The minimum absolute atomic E-state index is 0.124. The van der Waals surface area contributed by atoms with Gasteiger partial charge in [-0.15, -0.1) is 11.3 Å². The van der Waals surface area contributed by atoms with Crippen LogP contribution in [0.3, 0.4) is 0 Å². The molecule has 4 heteroatoms. The Kier molecular flexibility index (Phi) is 2.93. The molecule has 1 heterocycles. The molecule has 2 rings (SSSR count). The standard InChI is InChI=1S/C10H13NO2S/c1-2-13-9(7-3-4-7)10-11-8(5-12)6-14-10/h5-7,9H,2-4H2,1H3. The van der Waals surface area contributed by atoms with Crippen molar-refractivity contribution in [3.05, 3.63) is 16.1 Å². The van der Waals surface area contributed by atoms with Gasteiger partial charge in [-0.1, -0.05) is 0 Å². The molecule has 0 N–H and O–H groups in total. The van der Waals surface area contributed by atoms with Gasteiger partial charge in [-0.05, 0) is 25.7 Å². The summed E-state index contributed by atoms with van der Waals surface area (Å²) in [5.41, 5.74) is 0.523. The van der Waals surface area contributed by atoms with Gasteiger partial charge in [0.15, 0.2) is 6.29 Å². The molecule has 1 aromatic heterocycles. The van der Waals surface area contributed by atoms with Crippen LogP contribution in [0.2, 0.25) is 0 Å². The highest BCUT2D eigenvalue weighted by Gasteiger charge is 2.34. The van der Waals surface area contributed by atoms with E-state index in [2.05, 4.69) is 4.98 Å². The van der Waals surface area contributed by atoms with E-state index in [0.29, 0.717) is 18.2 Å². The summed E-state index contributed by atoms with van der Waals surface area (Å²) in [5.74, 6) is 0.626. The summed E-state index contributed by atoms with van der Waals surface area (Å²) in [5, 5.41) is 2.74. The number of thiazole rings is 1. The lowest BCUT2D eigenvalue weighted by molar-refractivity contribution is 0.0461. The number of hydrogen-bond donors (Lipinski definition) is 0. The number of aromatic nitrogens is 1. The van der Waals surface area contributed by atoms with Crippen LogP contribution in [0.15, 0.2) is 5.38 Å². The van der Waals surface area contributed by atoms with Crippen molar-refractivity contribution in [3.63, 3.8) is 0 Å². The molecule has 3 nitrogen and oxygen atoms in total. The van der Waals surface area contributed by atoms with Gasteiger partial charge in [0.05, 0.1) is 0 Å². The van der Waals surface area contributed by atoms with Crippen LogP contribution in [0.1, 0.15) is 41.4 Å². The van der Waals surface area contributed by atoms with Crippen LogP contribution >= 0.6 is 11.3 Å². The van der Waals surface area contributed by atoms with Crippen molar-refractivity contribution in [1.29, 1.82) is 0 Å². The normalized spacial score (nSPS) is 18.1. The molecule has 0 bridgehead atoms. The number of hydrogen-bond acceptors (Lipinski definition) is 4. The van der Waals surface area contributed by atoms with Crippen LogP contribution < -0.4 is 0 Å². The predicted molar refractivity (Wildman–Crippen MR) is 54.6 cm³/mol. The van der Waals surface area contributed by atoms with E-state index in [1.54, 1.807) is 5.38 Å². The first-order valence-electron chi connectivity index (χ1n) is 4.87. The van der Waals surface area contributed by atoms with Crippen molar-refractivity contribution in [2.24, 2.45) is 5.92 Å². The Morgan fingerprint density at radius 2 is 2.57 bits per heavy atom. The zero-order valence-corrected chi connectivity index (χ0v) is 8.92. The molecule has 0 amide bonds. The molecular weight excluding hydrogens is 198 g/mol. The van der Waals surface area contributed by atoms with Gasteiger partial charge in [0, 0.05) is 12.0 Å². The second-order valence-electron chi connectivity index (χ2n) is 3.44. The molecular formula is C10H13NO2S. The molecule has 0 aromatic carbocycles. The van der Waals surface area contributed by atoms with Gasteiger partial charge in [-0.2, -0.15) is 0 Å². The van der Waals surface area contributed by atoms with E-state index in [1.165, 1.54) is 24.2 Å². The fraction of sp³-hybridized carbons (Fsp3) is 0.600. The summed E-state index contributed by atoms with van der Waals surface area (Å²) in [6, 6.07) is 0. The number of ether oxygens (including phenoxy) is 1. The van der Waals surface area contributed by atoms with Crippen molar-refractivity contribution < 1.29 is 9.53 Å². The van der Waals surface area contributed by atoms with Crippen molar-refractivity contribution >= 4 is 17.6 Å². The molecule has 0 saturated heterocycles. The van der Waals surface area contributed by atoms with E-state index in [9.17, 15) is 4.79 Å². The Hall–Kier alpha value is -0.740. The number of carbonyl (C=O) groups is 1. The van der Waals surface area contributed by atoms with E-state index in [-0.39, 0.29) is 6.10 Å². The zero-order chi connectivity index (χ0) is 9.97. The summed E-state index contributed by atoms with van der Waals surface area (Å²) >= 11 is 1.52. The van der Waals surface area contributed by atoms with Gasteiger partial charge >= 0.3 is 0 Å². The van der Waals surface area contributed by atoms with Crippen molar-refractivity contribution in [3.8, 4) is 0 Å². The van der Waals surface area contributed by atoms with Crippen molar-refractivity contribution in [2.45, 2.75) is 25.9 Å². The van der Waals surface area contributed by atoms with Crippen LogP contribution in [0, 0.1) is 5.92 Å². The van der Waals surface area contributed by atoms with E-state index < -0.39 is 0 Å². The van der Waals surface area contributed by atoms with Gasteiger partial charge in [0.2, 0.25) is 0 Å². The van der Waals surface area contributed by atoms with E-state index >= 15 is 0 Å². The Morgan fingerprint density at radius 1 is 1.79 bits per heavy atom. The average Bonchev–Trinajstić information content (AvgIpc) is 2.92. The Morgan fingerprint density at radius 3 is 3.07 bits per heavy atom. The number of nitrogens with zero attached hydrogens (tertiary/aromatic N) is 1. The molecule has 1 aliphatic carbocycles. The Bertz CT molecular complexity index is 320. The average molecular weight is 211 g/mol. The molecule has 0 aliphatic heterocycles. The van der Waals surface area contributed by atoms with Crippen LogP contribution in [-0.4, -0.2) is 17.9 Å². The minimum atomic E-state index is 0.124. The second kappa shape index (κ2) is 4.19. The molecule has 0 radical (unpaired) electrons. The summed E-state index contributed by atoms with van der Waals surface area (Å²) in [6.07, 6.45) is 3.36. The first-order valence-corrected chi connectivity index (χ1v) is 5.75. The summed E-state index contributed by atoms with van der Waals surface area (Å²) < 4.78 is 5.64. The van der Waals surface area contributed by atoms with Crippen LogP contribution in [0.5, 0.6) is 0 Å². The molecule has 0 spiro atoms. The van der Waals surface area contributed by atoms with Crippen LogP contribution in [0.4, 0.5) is 0 Å². The fourth-order valence-electron chi connectivity index (χ4n) is 1.47. The van der Waals surface area contributed by atoms with Gasteiger partial charge in [-0.3, -0.25) is 4.79 Å². The SMILES string of the molecule is CCOC(c1nc(C=O)cs1)C1CC1. The molecule has 76 valence electrons. The van der Waals surface area contributed by atoms with Gasteiger partial charge < -0.3 is 4.74 Å². The largest absolute Gasteiger partial charge is 0.371 e. The molecule has 14 heavy (non-hydrogen) atoms. The summed E-state index contributed by atoms with van der Waals surface area (Å²) in [7, 11) is 0. The van der Waals surface area contributed by atoms with Crippen LogP contribution in [0.25, 0.3) is 0 Å². The number of carbonyl (C=O) groups excluding carboxylic acids is 1. The molecule has 1 saturated carbocycles. The maximum atomic E-state index is 10.5. The minimum Gasteiger partial charge on any atom is -0.371 e. The molecule has 1 atom stereocenters. The first kappa shape index (κ1) is 9.80. The maximum absolute atomic E-state index is 10.5. The van der Waals surface area contributed by atoms with Gasteiger partial charge in [0.1, 0.15) is 16.8 Å². The topological polar surface area (TPSA) is 39.2 Å². The third kappa shape index (κ3) is 2.01. The lowest BCUT2D eigenvalue weighted by Crippen LogP contribution is -2.06. The lowest BCUT2D eigenvalue weighted by Gasteiger charge is -2.12. The van der Waals surface area contributed by atoms with E-state index in [0.717, 1.165) is 11.3 Å². The predicted octanol–water partition coefficient (Wildman–Crippen LogP) is 2.44. The monoisotopic (exact) mass is 211 g/mol. The third-order valence-electron chi connectivity index (χ3n) is 2.30. The third-order valence-corrected chi connectivity index (χ3v) is 3.22. The summed E-state index contributed by atoms with van der Waals surface area (Å²) in [4.78, 5) is 14.7. The zero-order valence-electron chi connectivity index (χ0n) is 8.10. The molecule has 1 aliphatic rings. The van der Waals surface area contributed by atoms with Crippen molar-refractivity contribution in [2.75, 3.05) is 6.61 Å². The fourth-order valence-corrected chi connectivity index (χ4v) is 2.38. The highest BCUT2D eigenvalue weighted by molar-refractivity contribution is 7.09. The molecule has 1 aromatic rings. The van der Waals surface area contributed by atoms with Gasteiger partial charge in [-0.25, -0.2) is 4.98 Å². The van der Waals surface area contributed by atoms with E-state index in [4.69, 9.17) is 4.74 Å². The Labute approximate surface area is 87.1 Å². The smallest absolute Gasteiger partial charge is 0.169 e. The Balaban J connectivity index is 2.12. The summed E-state index contributed by atoms with van der Waals surface area (Å²) in [6.45, 7) is 2.70. The second-order valence-corrected chi connectivity index (χ2v) is 4.33. The van der Waals surface area contributed by atoms with Crippen LogP contribution in [-0.2, 0) is 4.74 Å². The van der Waals surface area contributed by atoms with Gasteiger partial charge in [0.25, 0.3) is 0 Å². The van der Waals surface area contributed by atoms with Crippen molar-refractivity contribution in [1.82, 2.24) is 4.98 Å². The van der Waals surface area contributed by atoms with E-state index in [1.807, 2.05) is 6.92 Å². The highest BCUT2D eigenvalue weighted by atomic mass is 32.1. The molecule has 1 unspecified atom stereocenters. The number of rotatable bonds is 5. The molecule has 1 fully saturated rings. The quantitative estimate of drug-likeness (QED) is 0.702.